The monoisotopic (exact) mass is 113 g/mol. The third-order valence-electron chi connectivity index (χ3n) is 0.723. The zero-order chi connectivity index (χ0) is 6.41. The maximum atomic E-state index is 10.0. The molecule has 2 heteroatoms. The number of hydrogen-bond donors (Lipinski definition) is 0. The van der Waals surface area contributed by atoms with Crippen molar-refractivity contribution in [2.75, 3.05) is 0 Å². The first kappa shape index (κ1) is 7.34. The Morgan fingerprint density at radius 1 is 1.62 bits per heavy atom. The number of rotatable bonds is 0. The number of carbonyl (C=O) groups excluding carboxylic acids is 1. The van der Waals surface area contributed by atoms with E-state index in [1.54, 1.807) is 6.21 Å². The molecule has 2 nitrogen and oxygen atoms in total. The standard InChI is InChI=1S/C4H5NO.C2H6/c6-4-2-1-3-5-4;1-2/h3H,1-2H2;1-2H3. The van der Waals surface area contributed by atoms with E-state index in [-0.39, 0.29) is 5.91 Å². The molecule has 0 fully saturated rings. The summed E-state index contributed by atoms with van der Waals surface area (Å²) in [5, 5.41) is 0. The minimum absolute atomic E-state index is 0.0231. The first-order valence-electron chi connectivity index (χ1n) is 2.95. The highest BCUT2D eigenvalue weighted by molar-refractivity contribution is 5.91. The van der Waals surface area contributed by atoms with Gasteiger partial charge in [0.25, 0.3) is 0 Å². The summed E-state index contributed by atoms with van der Waals surface area (Å²) in [5.74, 6) is 0.0231. The van der Waals surface area contributed by atoms with Crippen molar-refractivity contribution in [1.82, 2.24) is 0 Å². The zero-order valence-corrected chi connectivity index (χ0v) is 5.35. The third kappa shape index (κ3) is 2.50. The Kier molecular flexibility index (Phi) is 4.13. The van der Waals surface area contributed by atoms with Crippen LogP contribution in [0, 0.1) is 0 Å². The first-order valence-corrected chi connectivity index (χ1v) is 2.95. The zero-order valence-electron chi connectivity index (χ0n) is 5.35. The second-order valence-corrected chi connectivity index (χ2v) is 1.24. The van der Waals surface area contributed by atoms with E-state index in [1.165, 1.54) is 0 Å². The van der Waals surface area contributed by atoms with Gasteiger partial charge < -0.3 is 0 Å². The second-order valence-electron chi connectivity index (χ2n) is 1.24. The van der Waals surface area contributed by atoms with Crippen LogP contribution in [-0.4, -0.2) is 12.1 Å². The van der Waals surface area contributed by atoms with Crippen LogP contribution in [0.3, 0.4) is 0 Å². The molecular formula is C6H11NO. The molecule has 1 aliphatic rings. The number of hydrogen-bond acceptors (Lipinski definition) is 1. The van der Waals surface area contributed by atoms with Crippen molar-refractivity contribution in [1.29, 1.82) is 0 Å². The summed E-state index contributed by atoms with van der Waals surface area (Å²) in [4.78, 5) is 13.5. The lowest BCUT2D eigenvalue weighted by Gasteiger charge is -1.69. The molecule has 0 spiro atoms. The van der Waals surface area contributed by atoms with Gasteiger partial charge in [0.15, 0.2) is 0 Å². The van der Waals surface area contributed by atoms with Crippen molar-refractivity contribution in [3.63, 3.8) is 0 Å². The van der Waals surface area contributed by atoms with Gasteiger partial charge in [0.2, 0.25) is 5.91 Å². The Balaban J connectivity index is 0.000000222. The van der Waals surface area contributed by atoms with Crippen LogP contribution in [0.4, 0.5) is 0 Å². The lowest BCUT2D eigenvalue weighted by atomic mass is 10.4. The molecule has 0 aromatic heterocycles. The van der Waals surface area contributed by atoms with E-state index in [0.717, 1.165) is 6.42 Å². The Bertz CT molecular complexity index is 96.7. The molecule has 1 rings (SSSR count). The molecular weight excluding hydrogens is 102 g/mol. The second kappa shape index (κ2) is 4.50. The molecule has 0 saturated carbocycles. The number of aliphatic imine (C=N–C) groups is 1. The van der Waals surface area contributed by atoms with Crippen LogP contribution in [0.1, 0.15) is 26.7 Å². The molecule has 1 amide bonds. The molecule has 0 bridgehead atoms. The normalized spacial score (nSPS) is 15.5. The number of amides is 1. The van der Waals surface area contributed by atoms with Gasteiger partial charge in [-0.2, -0.15) is 0 Å². The molecule has 0 aliphatic carbocycles. The topological polar surface area (TPSA) is 29.4 Å². The lowest BCUT2D eigenvalue weighted by molar-refractivity contribution is -0.117. The van der Waals surface area contributed by atoms with Gasteiger partial charge in [-0.15, -0.1) is 0 Å². The van der Waals surface area contributed by atoms with Gasteiger partial charge in [0, 0.05) is 12.6 Å². The van der Waals surface area contributed by atoms with Crippen LogP contribution in [0.15, 0.2) is 4.99 Å². The van der Waals surface area contributed by atoms with Crippen LogP contribution < -0.4 is 0 Å². The van der Waals surface area contributed by atoms with Gasteiger partial charge in [0.1, 0.15) is 0 Å². The van der Waals surface area contributed by atoms with Crippen molar-refractivity contribution in [2.24, 2.45) is 4.99 Å². The van der Waals surface area contributed by atoms with E-state index in [2.05, 4.69) is 4.99 Å². The van der Waals surface area contributed by atoms with Crippen molar-refractivity contribution >= 4 is 12.1 Å². The largest absolute Gasteiger partial charge is 0.273 e. The minimum Gasteiger partial charge on any atom is -0.273 e. The van der Waals surface area contributed by atoms with Crippen molar-refractivity contribution in [3.8, 4) is 0 Å². The fourth-order valence-corrected chi connectivity index (χ4v) is 0.419. The Labute approximate surface area is 49.6 Å². The molecule has 1 aliphatic heterocycles. The Hall–Kier alpha value is -0.660. The summed E-state index contributed by atoms with van der Waals surface area (Å²) < 4.78 is 0. The maximum absolute atomic E-state index is 10.0. The van der Waals surface area contributed by atoms with E-state index in [1.807, 2.05) is 13.8 Å². The molecule has 0 unspecified atom stereocenters. The summed E-state index contributed by atoms with van der Waals surface area (Å²) in [7, 11) is 0. The van der Waals surface area contributed by atoms with Crippen LogP contribution in [0.5, 0.6) is 0 Å². The molecule has 1 heterocycles. The van der Waals surface area contributed by atoms with Crippen LogP contribution in [-0.2, 0) is 4.79 Å². The number of nitrogens with zero attached hydrogens (tertiary/aromatic N) is 1. The third-order valence-corrected chi connectivity index (χ3v) is 0.723. The summed E-state index contributed by atoms with van der Waals surface area (Å²) in [6, 6.07) is 0. The Morgan fingerprint density at radius 2 is 2.25 bits per heavy atom. The first-order chi connectivity index (χ1) is 3.89. The molecule has 0 atom stereocenters. The predicted molar refractivity (Wildman–Crippen MR) is 34.1 cm³/mol. The molecule has 8 heavy (non-hydrogen) atoms. The smallest absolute Gasteiger partial charge is 0.245 e. The lowest BCUT2D eigenvalue weighted by Crippen LogP contribution is -1.79. The van der Waals surface area contributed by atoms with E-state index < -0.39 is 0 Å². The van der Waals surface area contributed by atoms with E-state index >= 15 is 0 Å². The molecule has 0 N–H and O–H groups in total. The average Bonchev–Trinajstić information content (AvgIpc) is 2.24. The summed E-state index contributed by atoms with van der Waals surface area (Å²) in [6.07, 6.45) is 3.13. The maximum Gasteiger partial charge on any atom is 0.245 e. The van der Waals surface area contributed by atoms with Crippen molar-refractivity contribution in [2.45, 2.75) is 26.7 Å². The molecule has 0 radical (unpaired) electrons. The number of carbonyl (C=O) groups is 1. The van der Waals surface area contributed by atoms with E-state index in [0.29, 0.717) is 6.42 Å². The van der Waals surface area contributed by atoms with Gasteiger partial charge in [0.05, 0.1) is 0 Å². The molecule has 0 aromatic rings. The van der Waals surface area contributed by atoms with Gasteiger partial charge in [-0.25, -0.2) is 4.99 Å². The van der Waals surface area contributed by atoms with Crippen molar-refractivity contribution in [3.05, 3.63) is 0 Å². The molecule has 0 aromatic carbocycles. The highest BCUT2D eigenvalue weighted by atomic mass is 16.1. The van der Waals surface area contributed by atoms with Gasteiger partial charge in [-0.05, 0) is 6.42 Å². The summed E-state index contributed by atoms with van der Waals surface area (Å²) >= 11 is 0. The highest BCUT2D eigenvalue weighted by Gasteiger charge is 2.00. The highest BCUT2D eigenvalue weighted by Crippen LogP contribution is 1.95. The predicted octanol–water partition coefficient (Wildman–Crippen LogP) is 1.40. The minimum atomic E-state index is 0.0231. The van der Waals surface area contributed by atoms with Gasteiger partial charge in [-0.1, -0.05) is 13.8 Å². The fourth-order valence-electron chi connectivity index (χ4n) is 0.419. The molecule has 46 valence electrons. The quantitative estimate of drug-likeness (QED) is 0.467. The summed E-state index contributed by atoms with van der Waals surface area (Å²) in [5.41, 5.74) is 0. The van der Waals surface area contributed by atoms with E-state index in [4.69, 9.17) is 0 Å². The van der Waals surface area contributed by atoms with E-state index in [9.17, 15) is 4.79 Å². The van der Waals surface area contributed by atoms with Crippen LogP contribution >= 0.6 is 0 Å². The molecule has 0 saturated heterocycles. The van der Waals surface area contributed by atoms with Gasteiger partial charge in [-0.3, -0.25) is 4.79 Å². The van der Waals surface area contributed by atoms with Gasteiger partial charge >= 0.3 is 0 Å². The average molecular weight is 113 g/mol. The van der Waals surface area contributed by atoms with Crippen LogP contribution in [0.25, 0.3) is 0 Å². The summed E-state index contributed by atoms with van der Waals surface area (Å²) in [6.45, 7) is 4.00. The fraction of sp³-hybridized carbons (Fsp3) is 0.667. The van der Waals surface area contributed by atoms with Crippen LogP contribution in [0.2, 0.25) is 0 Å². The van der Waals surface area contributed by atoms with Crippen molar-refractivity contribution < 1.29 is 4.79 Å². The SMILES string of the molecule is CC.O=C1CCC=N1. The Morgan fingerprint density at radius 3 is 2.38 bits per heavy atom.